The first-order valence-electron chi connectivity index (χ1n) is 6.38. The molecule has 0 saturated heterocycles. The van der Waals surface area contributed by atoms with Gasteiger partial charge in [-0.3, -0.25) is 4.72 Å². The highest BCUT2D eigenvalue weighted by Crippen LogP contribution is 2.31. The van der Waals surface area contributed by atoms with Crippen LogP contribution in [0.15, 0.2) is 22.7 Å². The van der Waals surface area contributed by atoms with E-state index in [9.17, 15) is 13.2 Å². The first-order chi connectivity index (χ1) is 9.41. The zero-order valence-electron chi connectivity index (χ0n) is 11.1. The van der Waals surface area contributed by atoms with Crippen molar-refractivity contribution in [2.24, 2.45) is 5.92 Å². The summed E-state index contributed by atoms with van der Waals surface area (Å²) in [5.41, 5.74) is 0.808. The van der Waals surface area contributed by atoms with E-state index in [1.54, 1.807) is 19.1 Å². The molecule has 1 saturated carbocycles. The molecule has 1 aliphatic rings. The highest BCUT2D eigenvalue weighted by atomic mass is 79.9. The van der Waals surface area contributed by atoms with Crippen LogP contribution in [0.3, 0.4) is 0 Å². The molecule has 1 fully saturated rings. The molecule has 1 aromatic rings. The molecule has 1 aromatic carbocycles. The van der Waals surface area contributed by atoms with Crippen molar-refractivity contribution in [1.29, 1.82) is 0 Å². The van der Waals surface area contributed by atoms with Gasteiger partial charge in [0, 0.05) is 4.47 Å². The number of halogens is 1. The van der Waals surface area contributed by atoms with E-state index in [-0.39, 0.29) is 11.7 Å². The Hall–Kier alpha value is -1.08. The van der Waals surface area contributed by atoms with Gasteiger partial charge in [0.2, 0.25) is 10.0 Å². The molecule has 1 N–H and O–H groups in total. The van der Waals surface area contributed by atoms with Gasteiger partial charge in [-0.15, -0.1) is 0 Å². The normalized spacial score (nSPS) is 14.9. The van der Waals surface area contributed by atoms with Crippen LogP contribution in [0, 0.1) is 5.92 Å². The van der Waals surface area contributed by atoms with Crippen LogP contribution in [0.2, 0.25) is 0 Å². The summed E-state index contributed by atoms with van der Waals surface area (Å²) in [6.45, 7) is 2.03. The second kappa shape index (κ2) is 6.13. The molecule has 20 heavy (non-hydrogen) atoms. The predicted octanol–water partition coefficient (Wildman–Crippen LogP) is 2.78. The molecule has 110 valence electrons. The number of anilines is 1. The Bertz CT molecular complexity index is 611. The van der Waals surface area contributed by atoms with E-state index in [1.165, 1.54) is 6.07 Å². The molecule has 0 atom stereocenters. The first kappa shape index (κ1) is 15.3. The lowest BCUT2D eigenvalue weighted by Gasteiger charge is -2.10. The second-order valence-electron chi connectivity index (χ2n) is 4.74. The van der Waals surface area contributed by atoms with Crippen molar-refractivity contribution in [1.82, 2.24) is 0 Å². The van der Waals surface area contributed by atoms with E-state index in [0.717, 1.165) is 12.8 Å². The Morgan fingerprint density at radius 3 is 2.70 bits per heavy atom. The molecule has 0 radical (unpaired) electrons. The maximum Gasteiger partial charge on any atom is 0.338 e. The molecule has 5 nitrogen and oxygen atoms in total. The Balaban J connectivity index is 2.11. The SMILES string of the molecule is CCOC(=O)c1ccc(NS(=O)(=O)CC2CC2)c(Br)c1. The van der Waals surface area contributed by atoms with Gasteiger partial charge < -0.3 is 4.74 Å². The minimum Gasteiger partial charge on any atom is -0.462 e. The Morgan fingerprint density at radius 1 is 1.45 bits per heavy atom. The largest absolute Gasteiger partial charge is 0.462 e. The maximum atomic E-state index is 11.9. The van der Waals surface area contributed by atoms with Crippen molar-refractivity contribution >= 4 is 37.6 Å². The van der Waals surface area contributed by atoms with Gasteiger partial charge in [0.15, 0.2) is 0 Å². The number of rotatable bonds is 6. The van der Waals surface area contributed by atoms with Crippen molar-refractivity contribution in [2.75, 3.05) is 17.1 Å². The molecule has 0 aliphatic heterocycles. The van der Waals surface area contributed by atoms with Gasteiger partial charge in [0.1, 0.15) is 0 Å². The molecule has 7 heteroatoms. The third-order valence-electron chi connectivity index (χ3n) is 2.90. The van der Waals surface area contributed by atoms with Crippen LogP contribution in [-0.2, 0) is 14.8 Å². The number of hydrogen-bond donors (Lipinski definition) is 1. The number of carbonyl (C=O) groups is 1. The smallest absolute Gasteiger partial charge is 0.338 e. The fraction of sp³-hybridized carbons (Fsp3) is 0.462. The standard InChI is InChI=1S/C13H16BrNO4S/c1-2-19-13(16)10-5-6-12(11(14)7-10)15-20(17,18)8-9-3-4-9/h5-7,9,15H,2-4,8H2,1H3. The highest BCUT2D eigenvalue weighted by molar-refractivity contribution is 9.10. The fourth-order valence-corrected chi connectivity index (χ4v) is 3.90. The van der Waals surface area contributed by atoms with Gasteiger partial charge in [-0.25, -0.2) is 13.2 Å². The summed E-state index contributed by atoms with van der Waals surface area (Å²) < 4.78 is 31.7. The molecular formula is C13H16BrNO4S. The Labute approximate surface area is 126 Å². The zero-order chi connectivity index (χ0) is 14.8. The monoisotopic (exact) mass is 361 g/mol. The number of hydrogen-bond acceptors (Lipinski definition) is 4. The topological polar surface area (TPSA) is 72.5 Å². The van der Waals surface area contributed by atoms with E-state index in [0.29, 0.717) is 22.3 Å². The van der Waals surface area contributed by atoms with Crippen molar-refractivity contribution in [3.8, 4) is 0 Å². The van der Waals surface area contributed by atoms with Crippen LogP contribution in [-0.4, -0.2) is 26.7 Å². The second-order valence-corrected chi connectivity index (χ2v) is 7.36. The van der Waals surface area contributed by atoms with Crippen LogP contribution in [0.25, 0.3) is 0 Å². The predicted molar refractivity (Wildman–Crippen MR) is 80.2 cm³/mol. The Morgan fingerprint density at radius 2 is 2.15 bits per heavy atom. The van der Waals surface area contributed by atoms with Crippen LogP contribution >= 0.6 is 15.9 Å². The summed E-state index contributed by atoms with van der Waals surface area (Å²) in [6.07, 6.45) is 1.95. The van der Waals surface area contributed by atoms with Crippen LogP contribution < -0.4 is 4.72 Å². The van der Waals surface area contributed by atoms with E-state index in [2.05, 4.69) is 20.7 Å². The summed E-state index contributed by atoms with van der Waals surface area (Å²) in [7, 11) is -3.33. The summed E-state index contributed by atoms with van der Waals surface area (Å²) in [4.78, 5) is 11.6. The fourth-order valence-electron chi connectivity index (χ4n) is 1.74. The number of carbonyl (C=O) groups excluding carboxylic acids is 1. The summed E-state index contributed by atoms with van der Waals surface area (Å²) in [5, 5.41) is 0. The summed E-state index contributed by atoms with van der Waals surface area (Å²) in [5.74, 6) is 0.00432. The zero-order valence-corrected chi connectivity index (χ0v) is 13.5. The Kier molecular flexibility index (Phi) is 4.70. The number of sulfonamides is 1. The third kappa shape index (κ3) is 4.21. The van der Waals surface area contributed by atoms with E-state index < -0.39 is 16.0 Å². The number of esters is 1. The van der Waals surface area contributed by atoms with Crippen LogP contribution in [0.1, 0.15) is 30.1 Å². The number of benzene rings is 1. The maximum absolute atomic E-state index is 11.9. The molecule has 0 heterocycles. The van der Waals surface area contributed by atoms with Crippen molar-refractivity contribution < 1.29 is 17.9 Å². The van der Waals surface area contributed by atoms with Crippen molar-refractivity contribution in [3.05, 3.63) is 28.2 Å². The lowest BCUT2D eigenvalue weighted by atomic mass is 10.2. The molecular weight excluding hydrogens is 346 g/mol. The number of ether oxygens (including phenoxy) is 1. The molecule has 0 bridgehead atoms. The average molecular weight is 362 g/mol. The van der Waals surface area contributed by atoms with Crippen LogP contribution in [0.5, 0.6) is 0 Å². The van der Waals surface area contributed by atoms with Crippen LogP contribution in [0.4, 0.5) is 5.69 Å². The minimum atomic E-state index is -3.33. The quantitative estimate of drug-likeness (QED) is 0.790. The molecule has 2 rings (SSSR count). The summed E-state index contributed by atoms with van der Waals surface area (Å²) >= 11 is 3.27. The number of nitrogens with one attached hydrogen (secondary N) is 1. The molecule has 0 unspecified atom stereocenters. The average Bonchev–Trinajstić information content (AvgIpc) is 3.15. The van der Waals surface area contributed by atoms with Gasteiger partial charge in [-0.1, -0.05) is 0 Å². The third-order valence-corrected chi connectivity index (χ3v) is 4.99. The van der Waals surface area contributed by atoms with Crippen molar-refractivity contribution in [2.45, 2.75) is 19.8 Å². The van der Waals surface area contributed by atoms with Gasteiger partial charge in [0.05, 0.1) is 23.6 Å². The van der Waals surface area contributed by atoms with Crippen molar-refractivity contribution in [3.63, 3.8) is 0 Å². The molecule has 1 aliphatic carbocycles. The van der Waals surface area contributed by atoms with E-state index in [1.807, 2.05) is 0 Å². The molecule has 0 spiro atoms. The van der Waals surface area contributed by atoms with Gasteiger partial charge in [-0.2, -0.15) is 0 Å². The minimum absolute atomic E-state index is 0.152. The van der Waals surface area contributed by atoms with E-state index in [4.69, 9.17) is 4.74 Å². The first-order valence-corrected chi connectivity index (χ1v) is 8.83. The molecule has 0 amide bonds. The van der Waals surface area contributed by atoms with Gasteiger partial charge in [-0.05, 0) is 59.8 Å². The molecule has 0 aromatic heterocycles. The summed E-state index contributed by atoms with van der Waals surface area (Å²) in [6, 6.07) is 4.64. The van der Waals surface area contributed by atoms with Gasteiger partial charge in [0.25, 0.3) is 0 Å². The van der Waals surface area contributed by atoms with Gasteiger partial charge >= 0.3 is 5.97 Å². The highest BCUT2D eigenvalue weighted by Gasteiger charge is 2.28. The lowest BCUT2D eigenvalue weighted by molar-refractivity contribution is 0.0526. The van der Waals surface area contributed by atoms with E-state index >= 15 is 0 Å². The lowest BCUT2D eigenvalue weighted by Crippen LogP contribution is -2.18.